The summed E-state index contributed by atoms with van der Waals surface area (Å²) in [6.07, 6.45) is 4.68. The van der Waals surface area contributed by atoms with E-state index in [-0.39, 0.29) is 5.92 Å². The van der Waals surface area contributed by atoms with Gasteiger partial charge in [-0.1, -0.05) is 33.6 Å². The Labute approximate surface area is 103 Å². The molecule has 1 aromatic heterocycles. The number of aliphatic hydroxyl groups is 2. The fourth-order valence-electron chi connectivity index (χ4n) is 2.11. The van der Waals surface area contributed by atoms with E-state index >= 15 is 0 Å². The maximum absolute atomic E-state index is 10.1. The van der Waals surface area contributed by atoms with Crippen molar-refractivity contribution in [2.45, 2.75) is 58.8 Å². The quantitative estimate of drug-likeness (QED) is 0.767. The summed E-state index contributed by atoms with van der Waals surface area (Å²) in [5.41, 5.74) is 0.706. The van der Waals surface area contributed by atoms with Crippen molar-refractivity contribution in [1.29, 1.82) is 0 Å². The molecule has 1 aromatic rings. The van der Waals surface area contributed by atoms with Crippen LogP contribution >= 0.6 is 0 Å². The summed E-state index contributed by atoms with van der Waals surface area (Å²) in [6.45, 7) is 6.99. The molecule has 0 aliphatic rings. The van der Waals surface area contributed by atoms with Crippen molar-refractivity contribution in [2.75, 3.05) is 0 Å². The van der Waals surface area contributed by atoms with Crippen molar-refractivity contribution in [2.24, 2.45) is 5.92 Å². The normalized spacial score (nSPS) is 15.2. The summed E-state index contributed by atoms with van der Waals surface area (Å²) in [5, 5.41) is 24.3. The molecule has 0 fully saturated rings. The highest BCUT2D eigenvalue weighted by molar-refractivity contribution is 5.10. The standard InChI is InChI=1S/C13H24N2O2/c1-4-7-15-9-11(8-14-15)13(17)12(16)10(5-2)6-3/h8-10,12-13,16-17H,4-7H2,1-3H3. The minimum Gasteiger partial charge on any atom is -0.390 e. The second-order valence-electron chi connectivity index (χ2n) is 4.55. The lowest BCUT2D eigenvalue weighted by atomic mass is 9.91. The second kappa shape index (κ2) is 6.77. The summed E-state index contributed by atoms with van der Waals surface area (Å²) in [5.74, 6) is 0.138. The Morgan fingerprint density at radius 2 is 1.88 bits per heavy atom. The molecule has 0 saturated carbocycles. The van der Waals surface area contributed by atoms with Gasteiger partial charge in [-0.05, 0) is 12.3 Å². The molecule has 0 aliphatic carbocycles. The van der Waals surface area contributed by atoms with Crippen LogP contribution < -0.4 is 0 Å². The highest BCUT2D eigenvalue weighted by atomic mass is 16.3. The molecule has 0 aromatic carbocycles. The van der Waals surface area contributed by atoms with Crippen LogP contribution in [0.5, 0.6) is 0 Å². The number of hydrogen-bond acceptors (Lipinski definition) is 3. The first kappa shape index (κ1) is 14.2. The van der Waals surface area contributed by atoms with Crippen LogP contribution in [0.15, 0.2) is 12.4 Å². The van der Waals surface area contributed by atoms with Crippen molar-refractivity contribution in [3.8, 4) is 0 Å². The highest BCUT2D eigenvalue weighted by Crippen LogP contribution is 2.25. The summed E-state index contributed by atoms with van der Waals surface area (Å²) in [6, 6.07) is 0. The first-order chi connectivity index (χ1) is 8.13. The van der Waals surface area contributed by atoms with E-state index in [4.69, 9.17) is 0 Å². The van der Waals surface area contributed by atoms with E-state index in [1.807, 2.05) is 20.0 Å². The smallest absolute Gasteiger partial charge is 0.108 e. The zero-order valence-electron chi connectivity index (χ0n) is 11.0. The van der Waals surface area contributed by atoms with Crippen molar-refractivity contribution in [3.05, 3.63) is 18.0 Å². The van der Waals surface area contributed by atoms with Crippen LogP contribution in [0.2, 0.25) is 0 Å². The molecule has 4 heteroatoms. The Hall–Kier alpha value is -0.870. The third-order valence-corrected chi connectivity index (χ3v) is 3.30. The van der Waals surface area contributed by atoms with Gasteiger partial charge in [0.25, 0.3) is 0 Å². The molecule has 17 heavy (non-hydrogen) atoms. The third kappa shape index (κ3) is 3.54. The molecule has 0 radical (unpaired) electrons. The largest absolute Gasteiger partial charge is 0.390 e. The van der Waals surface area contributed by atoms with Crippen LogP contribution in [0.3, 0.4) is 0 Å². The lowest BCUT2D eigenvalue weighted by Gasteiger charge is -2.24. The monoisotopic (exact) mass is 240 g/mol. The molecule has 0 bridgehead atoms. The fraction of sp³-hybridized carbons (Fsp3) is 0.769. The molecule has 2 unspecified atom stereocenters. The molecule has 0 amide bonds. The molecule has 4 nitrogen and oxygen atoms in total. The van der Waals surface area contributed by atoms with Crippen LogP contribution in [0, 0.1) is 5.92 Å². The predicted molar refractivity (Wildman–Crippen MR) is 67.6 cm³/mol. The van der Waals surface area contributed by atoms with Crippen LogP contribution in [0.4, 0.5) is 0 Å². The Morgan fingerprint density at radius 3 is 2.41 bits per heavy atom. The zero-order chi connectivity index (χ0) is 12.8. The first-order valence-corrected chi connectivity index (χ1v) is 6.52. The van der Waals surface area contributed by atoms with Gasteiger partial charge in [0.05, 0.1) is 12.3 Å². The van der Waals surface area contributed by atoms with Gasteiger partial charge in [-0.2, -0.15) is 5.10 Å². The van der Waals surface area contributed by atoms with Gasteiger partial charge in [0, 0.05) is 18.3 Å². The van der Waals surface area contributed by atoms with Gasteiger partial charge in [-0.3, -0.25) is 4.68 Å². The molecular formula is C13H24N2O2. The second-order valence-corrected chi connectivity index (χ2v) is 4.55. The van der Waals surface area contributed by atoms with Gasteiger partial charge in [0.1, 0.15) is 6.10 Å². The van der Waals surface area contributed by atoms with Gasteiger partial charge in [-0.25, -0.2) is 0 Å². The first-order valence-electron chi connectivity index (χ1n) is 6.52. The highest BCUT2D eigenvalue weighted by Gasteiger charge is 2.25. The van der Waals surface area contributed by atoms with Gasteiger partial charge in [-0.15, -0.1) is 0 Å². The number of nitrogens with zero attached hydrogens (tertiary/aromatic N) is 2. The maximum Gasteiger partial charge on any atom is 0.108 e. The third-order valence-electron chi connectivity index (χ3n) is 3.30. The molecule has 0 spiro atoms. The molecule has 0 saturated heterocycles. The Bertz CT molecular complexity index is 321. The molecule has 98 valence electrons. The number of hydrogen-bond donors (Lipinski definition) is 2. The molecule has 1 heterocycles. The summed E-state index contributed by atoms with van der Waals surface area (Å²) < 4.78 is 1.80. The molecule has 2 N–H and O–H groups in total. The van der Waals surface area contributed by atoms with E-state index < -0.39 is 12.2 Å². The zero-order valence-corrected chi connectivity index (χ0v) is 11.0. The number of aromatic nitrogens is 2. The van der Waals surface area contributed by atoms with Gasteiger partial charge < -0.3 is 10.2 Å². The van der Waals surface area contributed by atoms with Crippen LogP contribution in [-0.2, 0) is 6.54 Å². The van der Waals surface area contributed by atoms with E-state index in [0.717, 1.165) is 25.8 Å². The van der Waals surface area contributed by atoms with E-state index in [1.54, 1.807) is 10.9 Å². The minimum atomic E-state index is -0.828. The van der Waals surface area contributed by atoms with E-state index in [1.165, 1.54) is 0 Å². The maximum atomic E-state index is 10.1. The molecule has 2 atom stereocenters. The van der Waals surface area contributed by atoms with Gasteiger partial charge in [0.2, 0.25) is 0 Å². The van der Waals surface area contributed by atoms with Crippen molar-refractivity contribution < 1.29 is 10.2 Å². The summed E-state index contributed by atoms with van der Waals surface area (Å²) in [7, 11) is 0. The molecular weight excluding hydrogens is 216 g/mol. The van der Waals surface area contributed by atoms with Gasteiger partial charge >= 0.3 is 0 Å². The predicted octanol–water partition coefficient (Wildman–Crippen LogP) is 2.12. The SMILES string of the molecule is CCCn1cc(C(O)C(O)C(CC)CC)cn1. The molecule has 0 aliphatic heterocycles. The van der Waals surface area contributed by atoms with E-state index in [0.29, 0.717) is 5.56 Å². The fourth-order valence-corrected chi connectivity index (χ4v) is 2.11. The van der Waals surface area contributed by atoms with Crippen molar-refractivity contribution in [3.63, 3.8) is 0 Å². The molecule has 1 rings (SSSR count). The number of aliphatic hydroxyl groups excluding tert-OH is 2. The van der Waals surface area contributed by atoms with Crippen LogP contribution in [-0.4, -0.2) is 26.1 Å². The van der Waals surface area contributed by atoms with E-state index in [9.17, 15) is 10.2 Å². The van der Waals surface area contributed by atoms with Crippen LogP contribution in [0.1, 0.15) is 51.7 Å². The summed E-state index contributed by atoms with van der Waals surface area (Å²) >= 11 is 0. The Balaban J connectivity index is 2.69. The van der Waals surface area contributed by atoms with Gasteiger partial charge in [0.15, 0.2) is 0 Å². The van der Waals surface area contributed by atoms with E-state index in [2.05, 4.69) is 12.0 Å². The lowest BCUT2D eigenvalue weighted by Crippen LogP contribution is -2.26. The Morgan fingerprint density at radius 1 is 1.24 bits per heavy atom. The topological polar surface area (TPSA) is 58.3 Å². The number of rotatable bonds is 7. The summed E-state index contributed by atoms with van der Waals surface area (Å²) in [4.78, 5) is 0. The van der Waals surface area contributed by atoms with Crippen molar-refractivity contribution >= 4 is 0 Å². The minimum absolute atomic E-state index is 0.138. The average Bonchev–Trinajstić information content (AvgIpc) is 2.78. The van der Waals surface area contributed by atoms with Crippen LogP contribution in [0.25, 0.3) is 0 Å². The average molecular weight is 240 g/mol. The van der Waals surface area contributed by atoms with Crippen molar-refractivity contribution in [1.82, 2.24) is 9.78 Å². The lowest BCUT2D eigenvalue weighted by molar-refractivity contribution is -0.0210. The number of aryl methyl sites for hydroxylation is 1. The Kier molecular flexibility index (Phi) is 5.65.